The van der Waals surface area contributed by atoms with E-state index in [0.29, 0.717) is 12.8 Å². The van der Waals surface area contributed by atoms with Crippen LogP contribution in [0.3, 0.4) is 0 Å². The number of aliphatic carboxylic acids is 1. The van der Waals surface area contributed by atoms with Gasteiger partial charge in [0.1, 0.15) is 0 Å². The second-order valence-electron chi connectivity index (χ2n) is 4.20. The molecule has 3 rings (SSSR count). The Hall–Kier alpha value is -1.55. The van der Waals surface area contributed by atoms with Crippen LogP contribution < -0.4 is 5.73 Å². The first-order chi connectivity index (χ1) is 7.65. The smallest absolute Gasteiger partial charge is 0.307 e. The van der Waals surface area contributed by atoms with Gasteiger partial charge in [-0.05, 0) is 35.9 Å². The number of carboxylic acid groups (broad SMARTS) is 1. The number of fused-ring (bicyclic) bond motifs is 3. The van der Waals surface area contributed by atoms with Gasteiger partial charge in [0.2, 0.25) is 0 Å². The lowest BCUT2D eigenvalue weighted by atomic mass is 10.1. The molecule has 0 fully saturated rings. The quantitative estimate of drug-likeness (QED) is 0.743. The molecule has 1 unspecified atom stereocenters. The van der Waals surface area contributed by atoms with Crippen LogP contribution in [0.1, 0.15) is 10.4 Å². The number of carbonyl (C=O) groups is 1. The molecular weight excluding hydrogens is 222 g/mol. The zero-order valence-corrected chi connectivity index (χ0v) is 9.38. The predicted molar refractivity (Wildman–Crippen MR) is 64.8 cm³/mol. The molecule has 0 saturated carbocycles. The Bertz CT molecular complexity index is 588. The van der Waals surface area contributed by atoms with Crippen LogP contribution in [0, 0.1) is 5.92 Å². The van der Waals surface area contributed by atoms with Crippen molar-refractivity contribution < 1.29 is 9.90 Å². The highest BCUT2D eigenvalue weighted by atomic mass is 32.1. The normalized spacial score (nSPS) is 18.9. The van der Waals surface area contributed by atoms with Gasteiger partial charge in [-0.3, -0.25) is 4.79 Å². The van der Waals surface area contributed by atoms with Crippen LogP contribution in [0.4, 0.5) is 5.69 Å². The largest absolute Gasteiger partial charge is 0.481 e. The lowest BCUT2D eigenvalue weighted by molar-refractivity contribution is -0.141. The van der Waals surface area contributed by atoms with Crippen molar-refractivity contribution in [2.75, 3.05) is 5.73 Å². The van der Waals surface area contributed by atoms with Crippen LogP contribution in [0.15, 0.2) is 18.2 Å². The van der Waals surface area contributed by atoms with Crippen LogP contribution in [-0.2, 0) is 17.6 Å². The second-order valence-corrected chi connectivity index (χ2v) is 5.34. The number of nitrogens with two attached hydrogens (primary N) is 1. The molecule has 0 bridgehead atoms. The van der Waals surface area contributed by atoms with Crippen molar-refractivity contribution in [3.8, 4) is 0 Å². The molecule has 0 radical (unpaired) electrons. The molecule has 1 atom stereocenters. The van der Waals surface area contributed by atoms with Gasteiger partial charge in [0.15, 0.2) is 0 Å². The van der Waals surface area contributed by atoms with Gasteiger partial charge in [0, 0.05) is 15.3 Å². The molecule has 3 nitrogen and oxygen atoms in total. The van der Waals surface area contributed by atoms with Gasteiger partial charge in [-0.25, -0.2) is 0 Å². The van der Waals surface area contributed by atoms with E-state index in [-0.39, 0.29) is 5.92 Å². The molecule has 0 saturated heterocycles. The minimum Gasteiger partial charge on any atom is -0.481 e. The Labute approximate surface area is 96.5 Å². The number of rotatable bonds is 1. The van der Waals surface area contributed by atoms with Crippen LogP contribution >= 0.6 is 11.3 Å². The molecule has 1 aliphatic rings. The van der Waals surface area contributed by atoms with E-state index in [1.807, 2.05) is 18.2 Å². The molecule has 0 amide bonds. The fraction of sp³-hybridized carbons (Fsp3) is 0.250. The lowest BCUT2D eigenvalue weighted by Crippen LogP contribution is -2.13. The number of anilines is 1. The summed E-state index contributed by atoms with van der Waals surface area (Å²) >= 11 is 1.68. The molecule has 0 spiro atoms. The van der Waals surface area contributed by atoms with Gasteiger partial charge in [0.05, 0.1) is 5.92 Å². The molecule has 2 aromatic rings. The molecular formula is C12H11NO2S. The van der Waals surface area contributed by atoms with Crippen molar-refractivity contribution in [2.45, 2.75) is 12.8 Å². The first kappa shape index (κ1) is 9.66. The van der Waals surface area contributed by atoms with Gasteiger partial charge in [-0.1, -0.05) is 6.07 Å². The predicted octanol–water partition coefficient (Wildman–Crippen LogP) is 2.28. The van der Waals surface area contributed by atoms with E-state index < -0.39 is 5.97 Å². The average molecular weight is 233 g/mol. The van der Waals surface area contributed by atoms with Gasteiger partial charge >= 0.3 is 5.97 Å². The first-order valence-electron chi connectivity index (χ1n) is 5.17. The summed E-state index contributed by atoms with van der Waals surface area (Å²) in [5, 5.41) is 10.2. The topological polar surface area (TPSA) is 63.3 Å². The molecule has 1 aromatic heterocycles. The van der Waals surface area contributed by atoms with Crippen molar-refractivity contribution in [1.82, 2.24) is 0 Å². The molecule has 1 heterocycles. The maximum atomic E-state index is 10.9. The number of benzene rings is 1. The van der Waals surface area contributed by atoms with Gasteiger partial charge in [-0.2, -0.15) is 0 Å². The third-order valence-corrected chi connectivity index (χ3v) is 4.35. The first-order valence-corrected chi connectivity index (χ1v) is 5.99. The lowest BCUT2D eigenvalue weighted by Gasteiger charge is -2.01. The molecule has 0 aliphatic heterocycles. The van der Waals surface area contributed by atoms with Gasteiger partial charge < -0.3 is 10.8 Å². The van der Waals surface area contributed by atoms with Crippen LogP contribution in [0.25, 0.3) is 10.1 Å². The Morgan fingerprint density at radius 1 is 1.44 bits per heavy atom. The van der Waals surface area contributed by atoms with E-state index in [4.69, 9.17) is 10.8 Å². The van der Waals surface area contributed by atoms with Crippen molar-refractivity contribution in [1.29, 1.82) is 0 Å². The molecule has 1 aromatic carbocycles. The minimum atomic E-state index is -0.688. The second kappa shape index (κ2) is 3.22. The maximum absolute atomic E-state index is 10.9. The monoisotopic (exact) mass is 233 g/mol. The van der Waals surface area contributed by atoms with E-state index in [1.165, 1.54) is 20.5 Å². The van der Waals surface area contributed by atoms with E-state index >= 15 is 0 Å². The maximum Gasteiger partial charge on any atom is 0.307 e. The summed E-state index contributed by atoms with van der Waals surface area (Å²) in [4.78, 5) is 12.2. The Morgan fingerprint density at radius 2 is 2.25 bits per heavy atom. The summed E-state index contributed by atoms with van der Waals surface area (Å²) in [6, 6.07) is 5.85. The summed E-state index contributed by atoms with van der Waals surface area (Å²) in [6.45, 7) is 0. The van der Waals surface area contributed by atoms with Crippen molar-refractivity contribution in [3.63, 3.8) is 0 Å². The number of hydrogen-bond acceptors (Lipinski definition) is 3. The fourth-order valence-electron chi connectivity index (χ4n) is 2.32. The van der Waals surface area contributed by atoms with Crippen LogP contribution in [-0.4, -0.2) is 11.1 Å². The zero-order valence-electron chi connectivity index (χ0n) is 8.56. The summed E-state index contributed by atoms with van der Waals surface area (Å²) in [7, 11) is 0. The van der Waals surface area contributed by atoms with Crippen LogP contribution in [0.5, 0.6) is 0 Å². The highest BCUT2D eigenvalue weighted by molar-refractivity contribution is 7.19. The standard InChI is InChI=1S/C12H11NO2S/c13-7-1-2-8-9-3-6(12(14)15)4-10(9)16-11(8)5-7/h1-2,5-6H,3-4,13H2,(H,14,15). The minimum absolute atomic E-state index is 0.233. The van der Waals surface area contributed by atoms with Crippen molar-refractivity contribution >= 4 is 33.1 Å². The SMILES string of the molecule is Nc1ccc2c3c(sc2c1)CC(C(=O)O)C3. The van der Waals surface area contributed by atoms with E-state index in [0.717, 1.165) is 5.69 Å². The van der Waals surface area contributed by atoms with Crippen molar-refractivity contribution in [2.24, 2.45) is 5.92 Å². The molecule has 82 valence electrons. The Morgan fingerprint density at radius 3 is 3.00 bits per heavy atom. The fourth-order valence-corrected chi connectivity index (χ4v) is 3.69. The highest BCUT2D eigenvalue weighted by Crippen LogP contribution is 2.40. The molecule has 16 heavy (non-hydrogen) atoms. The number of carboxylic acids is 1. The average Bonchev–Trinajstić information content (AvgIpc) is 2.73. The van der Waals surface area contributed by atoms with E-state index in [1.54, 1.807) is 11.3 Å². The molecule has 4 heteroatoms. The summed E-state index contributed by atoms with van der Waals surface area (Å²) in [6.07, 6.45) is 1.33. The van der Waals surface area contributed by atoms with E-state index in [9.17, 15) is 4.79 Å². The summed E-state index contributed by atoms with van der Waals surface area (Å²) in [5.41, 5.74) is 7.71. The number of hydrogen-bond donors (Lipinski definition) is 2. The van der Waals surface area contributed by atoms with Crippen molar-refractivity contribution in [3.05, 3.63) is 28.6 Å². The number of thiophene rings is 1. The van der Waals surface area contributed by atoms with Crippen LogP contribution in [0.2, 0.25) is 0 Å². The molecule has 3 N–H and O–H groups in total. The van der Waals surface area contributed by atoms with Gasteiger partial charge in [0.25, 0.3) is 0 Å². The summed E-state index contributed by atoms with van der Waals surface area (Å²) < 4.78 is 1.17. The molecule has 1 aliphatic carbocycles. The number of nitrogen functional groups attached to an aromatic ring is 1. The summed E-state index contributed by atoms with van der Waals surface area (Å²) in [5.74, 6) is -0.921. The Balaban J connectivity index is 2.12. The third-order valence-electron chi connectivity index (χ3n) is 3.13. The van der Waals surface area contributed by atoms with E-state index in [2.05, 4.69) is 0 Å². The zero-order chi connectivity index (χ0) is 11.3. The third kappa shape index (κ3) is 1.30. The Kier molecular flexibility index (Phi) is 1.94. The highest BCUT2D eigenvalue weighted by Gasteiger charge is 2.30. The van der Waals surface area contributed by atoms with Gasteiger partial charge in [-0.15, -0.1) is 11.3 Å².